The van der Waals surface area contributed by atoms with Gasteiger partial charge in [-0.2, -0.15) is 0 Å². The van der Waals surface area contributed by atoms with Crippen molar-refractivity contribution in [3.05, 3.63) is 48.6 Å². The third-order valence-corrected chi connectivity index (χ3v) is 8.36. The normalized spacial score (nSPS) is 14.4. The quantitative estimate of drug-likeness (QED) is 0.0243. The van der Waals surface area contributed by atoms with Gasteiger partial charge in [-0.1, -0.05) is 114 Å². The fraction of sp³-hybridized carbons (Fsp3) is 0.737. The number of quaternary nitrogens is 1. The Hall–Kier alpha value is -2.03. The zero-order valence-corrected chi connectivity index (χ0v) is 31.8. The molecule has 9 nitrogen and oxygen atoms in total. The molecule has 0 aliphatic carbocycles. The van der Waals surface area contributed by atoms with Crippen molar-refractivity contribution in [1.82, 2.24) is 0 Å². The second-order valence-electron chi connectivity index (χ2n) is 13.2. The first-order valence-corrected chi connectivity index (χ1v) is 19.9. The van der Waals surface area contributed by atoms with Gasteiger partial charge in [0.2, 0.25) is 0 Å². The van der Waals surface area contributed by atoms with E-state index in [2.05, 4.69) is 62.5 Å². The SMILES string of the molecule is CC/C=C\C/C=C\C/C=C\C/C=C\CCCCCCC(=O)OC(COC(=O)CCCCCCCCC)COP(=O)(O)OCC[N+](C)(C)C. The molecule has 10 heteroatoms. The number of ether oxygens (including phenoxy) is 2. The van der Waals surface area contributed by atoms with E-state index in [0.717, 1.165) is 70.6 Å². The van der Waals surface area contributed by atoms with Gasteiger partial charge in [-0.15, -0.1) is 0 Å². The van der Waals surface area contributed by atoms with E-state index >= 15 is 0 Å². The van der Waals surface area contributed by atoms with Gasteiger partial charge in [0.05, 0.1) is 27.7 Å². The van der Waals surface area contributed by atoms with Crippen LogP contribution in [0.1, 0.15) is 129 Å². The first-order valence-electron chi connectivity index (χ1n) is 18.4. The first kappa shape index (κ1) is 46.0. The molecule has 0 aromatic carbocycles. The molecule has 2 atom stereocenters. The number of carbonyl (C=O) groups excluding carboxylic acids is 2. The van der Waals surface area contributed by atoms with Crippen LogP contribution in [0.3, 0.4) is 0 Å². The monoisotopic (exact) mass is 698 g/mol. The number of carbonyl (C=O) groups is 2. The van der Waals surface area contributed by atoms with Crippen molar-refractivity contribution < 1.29 is 42.1 Å². The minimum absolute atomic E-state index is 0.0252. The fourth-order valence-corrected chi connectivity index (χ4v) is 5.21. The number of hydrogen-bond donors (Lipinski definition) is 1. The van der Waals surface area contributed by atoms with Gasteiger partial charge in [0.1, 0.15) is 19.8 Å². The molecule has 0 aliphatic heterocycles. The van der Waals surface area contributed by atoms with Crippen LogP contribution in [0.25, 0.3) is 0 Å². The Bertz CT molecular complexity index is 970. The molecular weight excluding hydrogens is 629 g/mol. The maximum absolute atomic E-state index is 12.6. The third-order valence-electron chi connectivity index (χ3n) is 7.37. The van der Waals surface area contributed by atoms with Crippen LogP contribution >= 0.6 is 7.82 Å². The number of likely N-dealkylation sites (N-methyl/N-ethyl adjacent to an activating group) is 1. The van der Waals surface area contributed by atoms with E-state index in [9.17, 15) is 19.0 Å². The standard InChI is InChI=1S/C38H68NO8P/c1-6-8-10-12-14-15-16-17-18-19-20-21-22-23-25-27-29-31-38(41)47-36(35-46-48(42,43)45-33-32-39(3,4)5)34-44-37(40)30-28-26-24-13-11-9-7-2/h8,10,14-15,17-18,20-21,36H,6-7,9,11-13,16,19,22-35H2,1-5H3/p+1/b10-8-,15-14-,18-17-,21-20-. The van der Waals surface area contributed by atoms with Crippen LogP contribution < -0.4 is 0 Å². The second kappa shape index (κ2) is 31.0. The van der Waals surface area contributed by atoms with Crippen LogP contribution in [0, 0.1) is 0 Å². The van der Waals surface area contributed by atoms with E-state index in [4.69, 9.17) is 18.5 Å². The second-order valence-corrected chi connectivity index (χ2v) is 14.7. The summed E-state index contributed by atoms with van der Waals surface area (Å²) in [4.78, 5) is 35.0. The Kier molecular flexibility index (Phi) is 29.7. The van der Waals surface area contributed by atoms with Gasteiger partial charge in [-0.05, 0) is 51.4 Å². The van der Waals surface area contributed by atoms with Crippen molar-refractivity contribution in [2.24, 2.45) is 0 Å². The van der Waals surface area contributed by atoms with Crippen LogP contribution in [-0.2, 0) is 32.7 Å². The summed E-state index contributed by atoms with van der Waals surface area (Å²) in [6.07, 6.45) is 33.2. The van der Waals surface area contributed by atoms with Crippen LogP contribution in [0.15, 0.2) is 48.6 Å². The number of allylic oxidation sites excluding steroid dienone is 8. The van der Waals surface area contributed by atoms with E-state index in [1.807, 2.05) is 21.1 Å². The fourth-order valence-electron chi connectivity index (χ4n) is 4.47. The molecule has 0 fully saturated rings. The predicted molar refractivity (Wildman–Crippen MR) is 196 cm³/mol. The summed E-state index contributed by atoms with van der Waals surface area (Å²) in [5.41, 5.74) is 0. The van der Waals surface area contributed by atoms with E-state index < -0.39 is 26.5 Å². The van der Waals surface area contributed by atoms with Gasteiger partial charge in [-0.25, -0.2) is 4.57 Å². The molecule has 2 unspecified atom stereocenters. The summed E-state index contributed by atoms with van der Waals surface area (Å²) in [6.45, 7) is 4.20. The molecule has 0 radical (unpaired) electrons. The molecule has 48 heavy (non-hydrogen) atoms. The van der Waals surface area contributed by atoms with Gasteiger partial charge in [0, 0.05) is 12.8 Å². The van der Waals surface area contributed by atoms with Gasteiger partial charge < -0.3 is 18.9 Å². The molecule has 0 amide bonds. The minimum Gasteiger partial charge on any atom is -0.462 e. The lowest BCUT2D eigenvalue weighted by atomic mass is 10.1. The number of nitrogens with zero attached hydrogens (tertiary/aromatic N) is 1. The molecule has 0 bridgehead atoms. The lowest BCUT2D eigenvalue weighted by molar-refractivity contribution is -0.870. The molecule has 0 aromatic rings. The minimum atomic E-state index is -4.37. The van der Waals surface area contributed by atoms with Crippen molar-refractivity contribution in [2.75, 3.05) is 47.5 Å². The molecule has 0 rings (SSSR count). The maximum Gasteiger partial charge on any atom is 0.472 e. The van der Waals surface area contributed by atoms with Crippen LogP contribution in [0.5, 0.6) is 0 Å². The smallest absolute Gasteiger partial charge is 0.462 e. The molecule has 0 saturated heterocycles. The number of unbranched alkanes of at least 4 members (excludes halogenated alkanes) is 10. The number of esters is 2. The molecule has 0 aromatic heterocycles. The Balaban J connectivity index is 4.46. The molecule has 278 valence electrons. The van der Waals surface area contributed by atoms with E-state index in [-0.39, 0.29) is 32.0 Å². The van der Waals surface area contributed by atoms with Crippen molar-refractivity contribution in [1.29, 1.82) is 0 Å². The summed E-state index contributed by atoms with van der Waals surface area (Å²) in [7, 11) is 1.45. The van der Waals surface area contributed by atoms with E-state index in [1.54, 1.807) is 0 Å². The van der Waals surface area contributed by atoms with Crippen LogP contribution in [-0.4, -0.2) is 74.9 Å². The molecule has 0 spiro atoms. The number of phosphoric acid groups is 1. The Morgan fingerprint density at radius 1 is 0.667 bits per heavy atom. The molecule has 0 aliphatic rings. The zero-order chi connectivity index (χ0) is 35.8. The Morgan fingerprint density at radius 2 is 1.19 bits per heavy atom. The molecule has 0 saturated carbocycles. The summed E-state index contributed by atoms with van der Waals surface area (Å²) in [6, 6.07) is 0. The summed E-state index contributed by atoms with van der Waals surface area (Å²) < 4.78 is 34.0. The highest BCUT2D eigenvalue weighted by Gasteiger charge is 2.27. The van der Waals surface area contributed by atoms with Gasteiger partial charge >= 0.3 is 19.8 Å². The average molecular weight is 699 g/mol. The highest BCUT2D eigenvalue weighted by molar-refractivity contribution is 7.47. The number of hydrogen-bond acceptors (Lipinski definition) is 7. The molecule has 0 heterocycles. The lowest BCUT2D eigenvalue weighted by Crippen LogP contribution is -2.37. The summed E-state index contributed by atoms with van der Waals surface area (Å²) >= 11 is 0. The highest BCUT2D eigenvalue weighted by Crippen LogP contribution is 2.43. The number of phosphoric ester groups is 1. The highest BCUT2D eigenvalue weighted by atomic mass is 31.2. The Labute approximate surface area is 293 Å². The van der Waals surface area contributed by atoms with Gasteiger partial charge in [0.15, 0.2) is 6.10 Å². The van der Waals surface area contributed by atoms with E-state index in [1.165, 1.54) is 25.7 Å². The third kappa shape index (κ3) is 33.9. The van der Waals surface area contributed by atoms with Crippen molar-refractivity contribution in [3.8, 4) is 0 Å². The van der Waals surface area contributed by atoms with Crippen molar-refractivity contribution in [2.45, 2.75) is 136 Å². The van der Waals surface area contributed by atoms with Crippen LogP contribution in [0.4, 0.5) is 0 Å². The average Bonchev–Trinajstić information content (AvgIpc) is 3.02. The first-order chi connectivity index (χ1) is 23.0. The molecule has 1 N–H and O–H groups in total. The van der Waals surface area contributed by atoms with Crippen molar-refractivity contribution >= 4 is 19.8 Å². The molecular formula is C38H69NO8P+. The van der Waals surface area contributed by atoms with Crippen molar-refractivity contribution in [3.63, 3.8) is 0 Å². The zero-order valence-electron chi connectivity index (χ0n) is 31.0. The summed E-state index contributed by atoms with van der Waals surface area (Å²) in [5.74, 6) is -0.839. The van der Waals surface area contributed by atoms with Crippen LogP contribution in [0.2, 0.25) is 0 Å². The predicted octanol–water partition coefficient (Wildman–Crippen LogP) is 9.57. The van der Waals surface area contributed by atoms with Gasteiger partial charge in [0.25, 0.3) is 0 Å². The maximum atomic E-state index is 12.6. The summed E-state index contributed by atoms with van der Waals surface area (Å²) in [5, 5.41) is 0. The Morgan fingerprint density at radius 3 is 1.77 bits per heavy atom. The number of rotatable bonds is 32. The van der Waals surface area contributed by atoms with E-state index in [0.29, 0.717) is 17.4 Å². The topological polar surface area (TPSA) is 108 Å². The van der Waals surface area contributed by atoms with Gasteiger partial charge in [-0.3, -0.25) is 18.6 Å². The lowest BCUT2D eigenvalue weighted by Gasteiger charge is -2.24. The largest absolute Gasteiger partial charge is 0.472 e.